The lowest BCUT2D eigenvalue weighted by Crippen LogP contribution is -2.49. The molecule has 2 rings (SSSR count). The van der Waals surface area contributed by atoms with E-state index in [1.54, 1.807) is 0 Å². The molecule has 1 aromatic rings. The first-order valence-electron chi connectivity index (χ1n) is 6.88. The molecule has 1 aliphatic rings. The zero-order chi connectivity index (χ0) is 13.0. The molecule has 1 aliphatic heterocycles. The van der Waals surface area contributed by atoms with Crippen LogP contribution in [0.15, 0.2) is 4.52 Å². The predicted molar refractivity (Wildman–Crippen MR) is 70.3 cm³/mol. The first kappa shape index (κ1) is 13.5. The fraction of sp³-hybridized carbons (Fsp3) is 0.846. The van der Waals surface area contributed by atoms with Crippen molar-refractivity contribution in [1.82, 2.24) is 20.4 Å². The number of aromatic nitrogens is 2. The number of nitrogens with zero attached hydrogens (tertiary/aromatic N) is 3. The van der Waals surface area contributed by atoms with Crippen molar-refractivity contribution >= 4 is 0 Å². The van der Waals surface area contributed by atoms with Gasteiger partial charge in [0.05, 0.1) is 6.54 Å². The van der Waals surface area contributed by atoms with Gasteiger partial charge in [0, 0.05) is 25.0 Å². The number of likely N-dealkylation sites (tertiary alicyclic amines) is 1. The van der Waals surface area contributed by atoms with Gasteiger partial charge in [-0.2, -0.15) is 4.98 Å². The van der Waals surface area contributed by atoms with E-state index < -0.39 is 0 Å². The average Bonchev–Trinajstić information content (AvgIpc) is 2.81. The molecule has 2 heterocycles. The molecule has 1 saturated heterocycles. The molecule has 1 N–H and O–H groups in total. The molecule has 0 radical (unpaired) electrons. The van der Waals surface area contributed by atoms with Crippen molar-refractivity contribution < 1.29 is 4.52 Å². The molecule has 1 fully saturated rings. The van der Waals surface area contributed by atoms with E-state index in [0.29, 0.717) is 5.54 Å². The average molecular weight is 252 g/mol. The molecule has 1 aromatic heterocycles. The minimum Gasteiger partial charge on any atom is -0.339 e. The molecule has 0 spiro atoms. The van der Waals surface area contributed by atoms with Gasteiger partial charge in [0.2, 0.25) is 5.89 Å². The summed E-state index contributed by atoms with van der Waals surface area (Å²) in [6.45, 7) is 7.40. The highest BCUT2D eigenvalue weighted by atomic mass is 16.5. The molecule has 0 amide bonds. The maximum absolute atomic E-state index is 5.21. The molecular formula is C13H24N4O. The van der Waals surface area contributed by atoms with Crippen LogP contribution in [0.2, 0.25) is 0 Å². The Hall–Kier alpha value is -0.940. The van der Waals surface area contributed by atoms with E-state index in [1.807, 2.05) is 7.05 Å². The molecule has 0 aliphatic carbocycles. The molecular weight excluding hydrogens is 228 g/mol. The van der Waals surface area contributed by atoms with Gasteiger partial charge in [0.1, 0.15) is 0 Å². The van der Waals surface area contributed by atoms with Crippen molar-refractivity contribution in [3.63, 3.8) is 0 Å². The van der Waals surface area contributed by atoms with Crippen LogP contribution in [0.1, 0.15) is 44.8 Å². The van der Waals surface area contributed by atoms with Crippen LogP contribution in [0.3, 0.4) is 0 Å². The van der Waals surface area contributed by atoms with Crippen LogP contribution >= 0.6 is 0 Å². The van der Waals surface area contributed by atoms with Crippen LogP contribution in [0.25, 0.3) is 0 Å². The number of nitrogens with one attached hydrogen (secondary N) is 1. The molecule has 102 valence electrons. The van der Waals surface area contributed by atoms with Crippen LogP contribution in [-0.4, -0.2) is 40.7 Å². The number of hydrogen-bond acceptors (Lipinski definition) is 5. The Bertz CT molecular complexity index is 369. The first-order chi connectivity index (χ1) is 8.65. The zero-order valence-corrected chi connectivity index (χ0v) is 11.7. The predicted octanol–water partition coefficient (Wildman–Crippen LogP) is 1.60. The van der Waals surface area contributed by atoms with E-state index in [4.69, 9.17) is 4.52 Å². The van der Waals surface area contributed by atoms with Gasteiger partial charge in [-0.15, -0.1) is 0 Å². The smallest absolute Gasteiger partial charge is 0.226 e. The number of rotatable bonds is 5. The van der Waals surface area contributed by atoms with E-state index in [-0.39, 0.29) is 0 Å². The first-order valence-corrected chi connectivity index (χ1v) is 6.88. The van der Waals surface area contributed by atoms with Crippen LogP contribution in [0, 0.1) is 0 Å². The molecule has 0 aromatic carbocycles. The summed E-state index contributed by atoms with van der Waals surface area (Å²) in [4.78, 5) is 6.82. The van der Waals surface area contributed by atoms with Crippen molar-refractivity contribution in [1.29, 1.82) is 0 Å². The fourth-order valence-electron chi connectivity index (χ4n) is 2.32. The van der Waals surface area contributed by atoms with E-state index in [9.17, 15) is 0 Å². The maximum atomic E-state index is 5.21. The van der Waals surface area contributed by atoms with Crippen molar-refractivity contribution in [3.8, 4) is 0 Å². The summed E-state index contributed by atoms with van der Waals surface area (Å²) in [5.41, 5.74) is 0.293. The Balaban J connectivity index is 1.83. The van der Waals surface area contributed by atoms with Crippen molar-refractivity contribution in [2.45, 2.75) is 51.6 Å². The van der Waals surface area contributed by atoms with E-state index in [1.165, 1.54) is 12.8 Å². The molecule has 18 heavy (non-hydrogen) atoms. The Morgan fingerprint density at radius 1 is 1.39 bits per heavy atom. The Kier molecular flexibility index (Phi) is 4.35. The highest BCUT2D eigenvalue weighted by Crippen LogP contribution is 2.21. The standard InChI is InChI=1S/C13H24N4O/c1-4-5-12-15-11(16-18-12)10-17-8-6-13(2,14-3)7-9-17/h14H,4-10H2,1-3H3. The van der Waals surface area contributed by atoms with Gasteiger partial charge in [0.25, 0.3) is 0 Å². The molecule has 0 bridgehead atoms. The molecule has 0 saturated carbocycles. The summed E-state index contributed by atoms with van der Waals surface area (Å²) in [7, 11) is 2.05. The van der Waals surface area contributed by atoms with Crippen LogP contribution in [0.4, 0.5) is 0 Å². The van der Waals surface area contributed by atoms with Crippen molar-refractivity contribution in [2.24, 2.45) is 0 Å². The second-order valence-corrected chi connectivity index (χ2v) is 5.44. The van der Waals surface area contributed by atoms with Crippen LogP contribution in [0.5, 0.6) is 0 Å². The lowest BCUT2D eigenvalue weighted by atomic mass is 9.90. The summed E-state index contributed by atoms with van der Waals surface area (Å²) < 4.78 is 5.21. The van der Waals surface area contributed by atoms with Gasteiger partial charge in [-0.25, -0.2) is 0 Å². The number of aryl methyl sites for hydroxylation is 1. The monoisotopic (exact) mass is 252 g/mol. The normalized spacial score (nSPS) is 20.2. The molecule has 5 heteroatoms. The number of hydrogen-bond donors (Lipinski definition) is 1. The van der Waals surface area contributed by atoms with Crippen molar-refractivity contribution in [3.05, 3.63) is 11.7 Å². The van der Waals surface area contributed by atoms with Crippen molar-refractivity contribution in [2.75, 3.05) is 20.1 Å². The highest BCUT2D eigenvalue weighted by Gasteiger charge is 2.28. The molecule has 5 nitrogen and oxygen atoms in total. The van der Waals surface area contributed by atoms with E-state index >= 15 is 0 Å². The third-order valence-electron chi connectivity index (χ3n) is 3.90. The minimum atomic E-state index is 0.293. The van der Waals surface area contributed by atoms with E-state index in [2.05, 4.69) is 34.2 Å². The quantitative estimate of drug-likeness (QED) is 0.862. The summed E-state index contributed by atoms with van der Waals surface area (Å²) in [6.07, 6.45) is 4.27. The SMILES string of the molecule is CCCc1nc(CN2CCC(C)(NC)CC2)no1. The summed E-state index contributed by atoms with van der Waals surface area (Å²) in [5, 5.41) is 7.45. The van der Waals surface area contributed by atoms with Gasteiger partial charge < -0.3 is 9.84 Å². The molecule has 0 unspecified atom stereocenters. The fourth-order valence-corrected chi connectivity index (χ4v) is 2.32. The Labute approximate surface area is 109 Å². The van der Waals surface area contributed by atoms with Gasteiger partial charge >= 0.3 is 0 Å². The summed E-state index contributed by atoms with van der Waals surface area (Å²) in [5.74, 6) is 1.59. The Morgan fingerprint density at radius 2 is 2.11 bits per heavy atom. The third kappa shape index (κ3) is 3.29. The van der Waals surface area contributed by atoms with E-state index in [0.717, 1.165) is 44.2 Å². The molecule has 0 atom stereocenters. The van der Waals surface area contributed by atoms with Gasteiger partial charge in [-0.3, -0.25) is 4.90 Å². The maximum Gasteiger partial charge on any atom is 0.226 e. The van der Waals surface area contributed by atoms with Crippen LogP contribution in [-0.2, 0) is 13.0 Å². The second kappa shape index (κ2) is 5.80. The lowest BCUT2D eigenvalue weighted by molar-refractivity contribution is 0.142. The zero-order valence-electron chi connectivity index (χ0n) is 11.7. The van der Waals surface area contributed by atoms with Gasteiger partial charge in [0.15, 0.2) is 5.82 Å². The third-order valence-corrected chi connectivity index (χ3v) is 3.90. The highest BCUT2D eigenvalue weighted by molar-refractivity contribution is 4.91. The second-order valence-electron chi connectivity index (χ2n) is 5.44. The summed E-state index contributed by atoms with van der Waals surface area (Å²) in [6, 6.07) is 0. The van der Waals surface area contributed by atoms with Gasteiger partial charge in [-0.05, 0) is 33.2 Å². The summed E-state index contributed by atoms with van der Waals surface area (Å²) >= 11 is 0. The Morgan fingerprint density at radius 3 is 2.72 bits per heavy atom. The topological polar surface area (TPSA) is 54.2 Å². The van der Waals surface area contributed by atoms with Gasteiger partial charge in [-0.1, -0.05) is 12.1 Å². The minimum absolute atomic E-state index is 0.293. The lowest BCUT2D eigenvalue weighted by Gasteiger charge is -2.38. The largest absolute Gasteiger partial charge is 0.339 e. The number of piperidine rings is 1. The van der Waals surface area contributed by atoms with Crippen LogP contribution < -0.4 is 5.32 Å².